The Bertz CT molecular complexity index is 2400. The molecule has 1 aliphatic carbocycles. The number of benzene rings is 6. The third kappa shape index (κ3) is 3.50. The highest BCUT2D eigenvalue weighted by Crippen LogP contribution is 2.54. The Kier molecular flexibility index (Phi) is 5.24. The van der Waals surface area contributed by atoms with Gasteiger partial charge < -0.3 is 4.57 Å². The molecular weight excluding hydrogens is 534 g/mol. The molecule has 208 valence electrons. The van der Waals surface area contributed by atoms with E-state index >= 15 is 0 Å². The van der Waals surface area contributed by atoms with Crippen molar-refractivity contribution in [2.24, 2.45) is 0 Å². The molecule has 0 N–H and O–H groups in total. The van der Waals surface area contributed by atoms with Gasteiger partial charge in [-0.1, -0.05) is 129 Å². The van der Waals surface area contributed by atoms with Crippen LogP contribution < -0.4 is 0 Å². The highest BCUT2D eigenvalue weighted by molar-refractivity contribution is 6.12. The highest BCUT2D eigenvalue weighted by Gasteiger charge is 2.40. The van der Waals surface area contributed by atoms with E-state index in [2.05, 4.69) is 134 Å². The van der Waals surface area contributed by atoms with Crippen molar-refractivity contribution in [3.63, 3.8) is 0 Å². The number of para-hydroxylation sites is 1. The lowest BCUT2D eigenvalue weighted by molar-refractivity contribution is 0.666. The van der Waals surface area contributed by atoms with E-state index in [0.29, 0.717) is 0 Å². The zero-order valence-electron chi connectivity index (χ0n) is 24.6. The number of rotatable bonds is 3. The SMILES string of the molecule is CC1(C)c2ccccc2-c2c1c1ccccc1n2-c1cc2ccc(-c3ccccc3)cc2c2nc(-c3ccccc3)ncc12. The molecule has 2 aromatic heterocycles. The van der Waals surface area contributed by atoms with Crippen molar-refractivity contribution in [1.82, 2.24) is 14.5 Å². The average Bonchev–Trinajstić information content (AvgIpc) is 3.55. The predicted molar refractivity (Wildman–Crippen MR) is 182 cm³/mol. The van der Waals surface area contributed by atoms with Crippen molar-refractivity contribution in [2.75, 3.05) is 0 Å². The fraction of sp³-hybridized carbons (Fsp3) is 0.0732. The monoisotopic (exact) mass is 563 g/mol. The summed E-state index contributed by atoms with van der Waals surface area (Å²) in [6.07, 6.45) is 2.03. The quantitative estimate of drug-likeness (QED) is 0.200. The highest BCUT2D eigenvalue weighted by atomic mass is 15.0. The van der Waals surface area contributed by atoms with E-state index in [0.717, 1.165) is 38.8 Å². The van der Waals surface area contributed by atoms with E-state index in [1.807, 2.05) is 24.4 Å². The normalized spacial score (nSPS) is 13.4. The van der Waals surface area contributed by atoms with Gasteiger partial charge in [0, 0.05) is 38.9 Å². The molecule has 8 aromatic rings. The minimum absolute atomic E-state index is 0.120. The van der Waals surface area contributed by atoms with Crippen LogP contribution >= 0.6 is 0 Å². The summed E-state index contributed by atoms with van der Waals surface area (Å²) in [6.45, 7) is 4.71. The smallest absolute Gasteiger partial charge is 0.159 e. The van der Waals surface area contributed by atoms with Crippen LogP contribution in [0, 0.1) is 0 Å². The molecule has 0 saturated carbocycles. The van der Waals surface area contributed by atoms with Crippen molar-refractivity contribution in [3.05, 3.63) is 151 Å². The van der Waals surface area contributed by atoms with E-state index in [4.69, 9.17) is 9.97 Å². The van der Waals surface area contributed by atoms with Gasteiger partial charge in [0.25, 0.3) is 0 Å². The van der Waals surface area contributed by atoms with Crippen molar-refractivity contribution in [1.29, 1.82) is 0 Å². The molecule has 3 nitrogen and oxygen atoms in total. The lowest BCUT2D eigenvalue weighted by atomic mass is 9.81. The van der Waals surface area contributed by atoms with Crippen LogP contribution in [-0.4, -0.2) is 14.5 Å². The van der Waals surface area contributed by atoms with Crippen LogP contribution in [0.2, 0.25) is 0 Å². The molecule has 0 atom stereocenters. The van der Waals surface area contributed by atoms with E-state index in [1.165, 1.54) is 44.4 Å². The molecule has 9 rings (SSSR count). The number of nitrogens with zero attached hydrogens (tertiary/aromatic N) is 3. The van der Waals surface area contributed by atoms with Gasteiger partial charge in [0.15, 0.2) is 5.82 Å². The Morgan fingerprint density at radius 2 is 1.30 bits per heavy atom. The number of hydrogen-bond donors (Lipinski definition) is 0. The Balaban J connectivity index is 1.41. The third-order valence-corrected chi connectivity index (χ3v) is 9.40. The molecule has 0 unspecified atom stereocenters. The lowest BCUT2D eigenvalue weighted by Gasteiger charge is -2.21. The molecule has 6 aromatic carbocycles. The molecular formula is C41H29N3. The summed E-state index contributed by atoms with van der Waals surface area (Å²) in [6, 6.07) is 47.6. The maximum absolute atomic E-state index is 5.30. The van der Waals surface area contributed by atoms with Gasteiger partial charge in [-0.2, -0.15) is 0 Å². The third-order valence-electron chi connectivity index (χ3n) is 9.40. The van der Waals surface area contributed by atoms with Crippen LogP contribution in [0.5, 0.6) is 0 Å². The summed E-state index contributed by atoms with van der Waals surface area (Å²) in [5.41, 5.74) is 11.8. The van der Waals surface area contributed by atoms with Gasteiger partial charge in [-0.3, -0.25) is 0 Å². The van der Waals surface area contributed by atoms with Gasteiger partial charge >= 0.3 is 0 Å². The first-order valence-electron chi connectivity index (χ1n) is 15.2. The molecule has 3 heteroatoms. The van der Waals surface area contributed by atoms with Crippen LogP contribution in [0.1, 0.15) is 25.0 Å². The summed E-state index contributed by atoms with van der Waals surface area (Å²) in [7, 11) is 0. The average molecular weight is 564 g/mol. The number of hydrogen-bond acceptors (Lipinski definition) is 2. The second-order valence-electron chi connectivity index (χ2n) is 12.3. The van der Waals surface area contributed by atoms with Crippen molar-refractivity contribution in [3.8, 4) is 39.5 Å². The molecule has 1 aliphatic rings. The lowest BCUT2D eigenvalue weighted by Crippen LogP contribution is -2.14. The van der Waals surface area contributed by atoms with Crippen molar-refractivity contribution >= 4 is 32.6 Å². The fourth-order valence-corrected chi connectivity index (χ4v) is 7.36. The zero-order valence-corrected chi connectivity index (χ0v) is 24.6. The molecule has 2 heterocycles. The standard InChI is InChI=1S/C41H29N3/c1-41(2)34-19-11-9-17-30(34)39-37(41)31-18-10-12-20-35(31)44(39)36-24-29-22-21-28(26-13-5-3-6-14-26)23-32(29)38-33(36)25-42-40(43-38)27-15-7-4-8-16-27/h3-25H,1-2H3. The molecule has 44 heavy (non-hydrogen) atoms. The van der Waals surface area contributed by atoms with E-state index < -0.39 is 0 Å². The Labute approximate surface area is 256 Å². The molecule has 0 saturated heterocycles. The van der Waals surface area contributed by atoms with E-state index in [1.54, 1.807) is 0 Å². The fourth-order valence-electron chi connectivity index (χ4n) is 7.36. The summed E-state index contributed by atoms with van der Waals surface area (Å²) >= 11 is 0. The first kappa shape index (κ1) is 25.0. The van der Waals surface area contributed by atoms with Gasteiger partial charge in [0.2, 0.25) is 0 Å². The first-order chi connectivity index (χ1) is 21.6. The molecule has 0 spiro atoms. The van der Waals surface area contributed by atoms with Crippen molar-refractivity contribution < 1.29 is 0 Å². The van der Waals surface area contributed by atoms with Gasteiger partial charge in [0.1, 0.15) is 0 Å². The van der Waals surface area contributed by atoms with Gasteiger partial charge in [0.05, 0.1) is 22.4 Å². The molecule has 0 fully saturated rings. The van der Waals surface area contributed by atoms with Crippen LogP contribution in [0.3, 0.4) is 0 Å². The van der Waals surface area contributed by atoms with Crippen LogP contribution in [0.25, 0.3) is 72.0 Å². The van der Waals surface area contributed by atoms with Gasteiger partial charge in [-0.05, 0) is 45.8 Å². The maximum atomic E-state index is 5.30. The molecule has 0 bridgehead atoms. The molecule has 0 aliphatic heterocycles. The Hall–Kier alpha value is -5.54. The molecule has 0 amide bonds. The second-order valence-corrected chi connectivity index (χ2v) is 12.3. The Morgan fingerprint density at radius 1 is 0.591 bits per heavy atom. The van der Waals surface area contributed by atoms with Crippen LogP contribution in [-0.2, 0) is 5.41 Å². The number of aromatic nitrogens is 3. The maximum Gasteiger partial charge on any atom is 0.159 e. The Morgan fingerprint density at radius 3 is 2.11 bits per heavy atom. The minimum Gasteiger partial charge on any atom is -0.308 e. The predicted octanol–water partition coefficient (Wildman–Crippen LogP) is 10.4. The van der Waals surface area contributed by atoms with Crippen LogP contribution in [0.4, 0.5) is 0 Å². The molecule has 0 radical (unpaired) electrons. The summed E-state index contributed by atoms with van der Waals surface area (Å²) in [4.78, 5) is 10.3. The minimum atomic E-state index is -0.120. The summed E-state index contributed by atoms with van der Waals surface area (Å²) in [5.74, 6) is 0.732. The topological polar surface area (TPSA) is 30.7 Å². The van der Waals surface area contributed by atoms with Gasteiger partial charge in [-0.15, -0.1) is 0 Å². The summed E-state index contributed by atoms with van der Waals surface area (Å²) in [5, 5.41) is 4.60. The first-order valence-corrected chi connectivity index (χ1v) is 15.2. The van der Waals surface area contributed by atoms with Crippen molar-refractivity contribution in [2.45, 2.75) is 19.3 Å². The number of fused-ring (bicyclic) bond motifs is 8. The van der Waals surface area contributed by atoms with Gasteiger partial charge in [-0.25, -0.2) is 9.97 Å². The zero-order chi connectivity index (χ0) is 29.4. The van der Waals surface area contributed by atoms with E-state index in [9.17, 15) is 0 Å². The second kappa shape index (κ2) is 9.23. The van der Waals surface area contributed by atoms with E-state index in [-0.39, 0.29) is 5.41 Å². The largest absolute Gasteiger partial charge is 0.308 e. The summed E-state index contributed by atoms with van der Waals surface area (Å²) < 4.78 is 2.47. The van der Waals surface area contributed by atoms with Crippen LogP contribution in [0.15, 0.2) is 140 Å².